The van der Waals surface area contributed by atoms with Gasteiger partial charge in [-0.1, -0.05) is 6.92 Å². The molecule has 106 valence electrons. The standard InChI is InChI=1S/C14H28N2O2/c1-3-5-15-10-14(4-7-17-12-14)11-16-6-8-18-13(2)9-16/h13,15H,3-12H2,1-2H3. The SMILES string of the molecule is CCCNCC1(CN2CCOC(C)C2)CCOC1. The fourth-order valence-electron chi connectivity index (χ4n) is 3.01. The van der Waals surface area contributed by atoms with Crippen molar-refractivity contribution in [2.24, 2.45) is 5.41 Å². The van der Waals surface area contributed by atoms with Crippen molar-refractivity contribution in [1.29, 1.82) is 0 Å². The lowest BCUT2D eigenvalue weighted by Crippen LogP contribution is -2.50. The van der Waals surface area contributed by atoms with E-state index in [1.54, 1.807) is 0 Å². The summed E-state index contributed by atoms with van der Waals surface area (Å²) in [7, 11) is 0. The predicted molar refractivity (Wildman–Crippen MR) is 72.9 cm³/mol. The number of morpholine rings is 1. The molecule has 0 aromatic carbocycles. The molecule has 0 spiro atoms. The predicted octanol–water partition coefficient (Wildman–Crippen LogP) is 1.11. The zero-order valence-corrected chi connectivity index (χ0v) is 11.9. The topological polar surface area (TPSA) is 33.7 Å². The first-order valence-corrected chi connectivity index (χ1v) is 7.36. The third-order valence-corrected chi connectivity index (χ3v) is 4.00. The van der Waals surface area contributed by atoms with Gasteiger partial charge in [-0.3, -0.25) is 4.90 Å². The van der Waals surface area contributed by atoms with E-state index in [0.29, 0.717) is 11.5 Å². The smallest absolute Gasteiger partial charge is 0.0674 e. The summed E-state index contributed by atoms with van der Waals surface area (Å²) in [5.74, 6) is 0. The first kappa shape index (κ1) is 14.3. The van der Waals surface area contributed by atoms with Crippen molar-refractivity contribution < 1.29 is 9.47 Å². The van der Waals surface area contributed by atoms with Crippen molar-refractivity contribution in [3.8, 4) is 0 Å². The van der Waals surface area contributed by atoms with E-state index >= 15 is 0 Å². The van der Waals surface area contributed by atoms with Crippen LogP contribution in [0.2, 0.25) is 0 Å². The van der Waals surface area contributed by atoms with E-state index in [-0.39, 0.29) is 0 Å². The molecular formula is C14H28N2O2. The van der Waals surface area contributed by atoms with Crippen LogP contribution in [0.5, 0.6) is 0 Å². The van der Waals surface area contributed by atoms with Gasteiger partial charge in [0.05, 0.1) is 19.3 Å². The molecule has 2 unspecified atom stereocenters. The number of hydrogen-bond donors (Lipinski definition) is 1. The molecule has 4 nitrogen and oxygen atoms in total. The molecule has 0 radical (unpaired) electrons. The summed E-state index contributed by atoms with van der Waals surface area (Å²) in [5.41, 5.74) is 0.326. The highest BCUT2D eigenvalue weighted by atomic mass is 16.5. The van der Waals surface area contributed by atoms with Gasteiger partial charge in [-0.05, 0) is 26.3 Å². The quantitative estimate of drug-likeness (QED) is 0.722. The Hall–Kier alpha value is -0.160. The third-order valence-electron chi connectivity index (χ3n) is 4.00. The number of hydrogen-bond acceptors (Lipinski definition) is 4. The van der Waals surface area contributed by atoms with Crippen LogP contribution in [0.1, 0.15) is 26.7 Å². The van der Waals surface area contributed by atoms with Crippen molar-refractivity contribution >= 4 is 0 Å². The molecular weight excluding hydrogens is 228 g/mol. The average molecular weight is 256 g/mol. The molecule has 2 aliphatic rings. The summed E-state index contributed by atoms with van der Waals surface area (Å²) in [4.78, 5) is 2.55. The van der Waals surface area contributed by atoms with Crippen LogP contribution in [0, 0.1) is 5.41 Å². The minimum Gasteiger partial charge on any atom is -0.381 e. The zero-order chi connectivity index (χ0) is 12.8. The summed E-state index contributed by atoms with van der Waals surface area (Å²) >= 11 is 0. The van der Waals surface area contributed by atoms with E-state index in [0.717, 1.165) is 52.5 Å². The molecule has 0 bridgehead atoms. The highest BCUT2D eigenvalue weighted by Gasteiger charge is 2.37. The molecule has 2 atom stereocenters. The lowest BCUT2D eigenvalue weighted by molar-refractivity contribution is -0.0333. The zero-order valence-electron chi connectivity index (χ0n) is 11.9. The fraction of sp³-hybridized carbons (Fsp3) is 1.00. The third kappa shape index (κ3) is 3.92. The molecule has 0 aliphatic carbocycles. The Labute approximate surface area is 111 Å². The van der Waals surface area contributed by atoms with Crippen LogP contribution >= 0.6 is 0 Å². The second-order valence-electron chi connectivity index (χ2n) is 5.90. The molecule has 0 amide bonds. The van der Waals surface area contributed by atoms with Gasteiger partial charge in [-0.15, -0.1) is 0 Å². The molecule has 2 aliphatic heterocycles. The van der Waals surface area contributed by atoms with Crippen molar-refractivity contribution in [3.05, 3.63) is 0 Å². The monoisotopic (exact) mass is 256 g/mol. The van der Waals surface area contributed by atoms with E-state index in [1.165, 1.54) is 12.8 Å². The van der Waals surface area contributed by atoms with E-state index in [1.807, 2.05) is 0 Å². The normalized spacial score (nSPS) is 34.0. The second kappa shape index (κ2) is 6.85. The van der Waals surface area contributed by atoms with Gasteiger partial charge in [0.25, 0.3) is 0 Å². The Morgan fingerprint density at radius 3 is 2.94 bits per heavy atom. The van der Waals surface area contributed by atoms with Gasteiger partial charge >= 0.3 is 0 Å². The first-order chi connectivity index (χ1) is 8.74. The molecule has 0 saturated carbocycles. The summed E-state index contributed by atoms with van der Waals surface area (Å²) < 4.78 is 11.3. The molecule has 0 aromatic heterocycles. The number of rotatable bonds is 6. The van der Waals surface area contributed by atoms with Gasteiger partial charge < -0.3 is 14.8 Å². The van der Waals surface area contributed by atoms with Crippen LogP contribution in [0.4, 0.5) is 0 Å². The summed E-state index contributed by atoms with van der Waals surface area (Å²) in [6.45, 7) is 12.6. The van der Waals surface area contributed by atoms with E-state index in [2.05, 4.69) is 24.1 Å². The van der Waals surface area contributed by atoms with Crippen LogP contribution in [0.25, 0.3) is 0 Å². The maximum atomic E-state index is 5.66. The molecule has 2 fully saturated rings. The van der Waals surface area contributed by atoms with Crippen molar-refractivity contribution in [2.75, 3.05) is 52.5 Å². The van der Waals surface area contributed by atoms with Crippen LogP contribution < -0.4 is 5.32 Å². The fourth-order valence-corrected chi connectivity index (χ4v) is 3.01. The molecule has 4 heteroatoms. The van der Waals surface area contributed by atoms with Crippen molar-refractivity contribution in [2.45, 2.75) is 32.8 Å². The van der Waals surface area contributed by atoms with Crippen LogP contribution in [0.15, 0.2) is 0 Å². The largest absolute Gasteiger partial charge is 0.381 e. The van der Waals surface area contributed by atoms with Crippen LogP contribution in [0.3, 0.4) is 0 Å². The van der Waals surface area contributed by atoms with Gasteiger partial charge in [0, 0.05) is 38.2 Å². The van der Waals surface area contributed by atoms with Gasteiger partial charge in [0.1, 0.15) is 0 Å². The second-order valence-corrected chi connectivity index (χ2v) is 5.90. The number of nitrogens with one attached hydrogen (secondary N) is 1. The van der Waals surface area contributed by atoms with Gasteiger partial charge in [0.2, 0.25) is 0 Å². The Balaban J connectivity index is 1.84. The van der Waals surface area contributed by atoms with E-state index in [9.17, 15) is 0 Å². The van der Waals surface area contributed by atoms with E-state index < -0.39 is 0 Å². The molecule has 2 rings (SSSR count). The Morgan fingerprint density at radius 2 is 2.28 bits per heavy atom. The summed E-state index contributed by atoms with van der Waals surface area (Å²) in [6.07, 6.45) is 2.77. The van der Waals surface area contributed by atoms with Gasteiger partial charge in [-0.2, -0.15) is 0 Å². The van der Waals surface area contributed by atoms with Crippen molar-refractivity contribution in [3.63, 3.8) is 0 Å². The van der Waals surface area contributed by atoms with Crippen molar-refractivity contribution in [1.82, 2.24) is 10.2 Å². The molecule has 0 aromatic rings. The lowest BCUT2D eigenvalue weighted by atomic mass is 9.86. The van der Waals surface area contributed by atoms with Gasteiger partial charge in [0.15, 0.2) is 0 Å². The first-order valence-electron chi connectivity index (χ1n) is 7.36. The Bertz CT molecular complexity index is 242. The van der Waals surface area contributed by atoms with Gasteiger partial charge in [-0.25, -0.2) is 0 Å². The minimum absolute atomic E-state index is 0.326. The number of ether oxygens (including phenoxy) is 2. The van der Waals surface area contributed by atoms with E-state index in [4.69, 9.17) is 9.47 Å². The lowest BCUT2D eigenvalue weighted by Gasteiger charge is -2.38. The maximum Gasteiger partial charge on any atom is 0.0674 e. The highest BCUT2D eigenvalue weighted by Crippen LogP contribution is 2.29. The molecule has 18 heavy (non-hydrogen) atoms. The molecule has 2 saturated heterocycles. The maximum absolute atomic E-state index is 5.66. The number of nitrogens with zero attached hydrogens (tertiary/aromatic N) is 1. The summed E-state index contributed by atoms with van der Waals surface area (Å²) in [6, 6.07) is 0. The average Bonchev–Trinajstić information content (AvgIpc) is 2.78. The molecule has 1 N–H and O–H groups in total. The highest BCUT2D eigenvalue weighted by molar-refractivity contribution is 4.89. The Morgan fingerprint density at radius 1 is 1.39 bits per heavy atom. The van der Waals surface area contributed by atoms with Crippen LogP contribution in [-0.4, -0.2) is 63.5 Å². The minimum atomic E-state index is 0.326. The Kier molecular flexibility index (Phi) is 5.42. The molecule has 2 heterocycles. The summed E-state index contributed by atoms with van der Waals surface area (Å²) in [5, 5.41) is 3.58. The van der Waals surface area contributed by atoms with Crippen LogP contribution in [-0.2, 0) is 9.47 Å².